The van der Waals surface area contributed by atoms with Crippen LogP contribution in [0.15, 0.2) is 24.3 Å². The Kier molecular flexibility index (Phi) is 3.32. The van der Waals surface area contributed by atoms with Gasteiger partial charge in [0.1, 0.15) is 0 Å². The van der Waals surface area contributed by atoms with Crippen molar-refractivity contribution in [3.8, 4) is 0 Å². The lowest BCUT2D eigenvalue weighted by Crippen LogP contribution is -2.21. The second kappa shape index (κ2) is 4.77. The number of carboxylic acids is 1. The normalized spacial score (nSPS) is 19.6. The Morgan fingerprint density at radius 3 is 2.72 bits per heavy atom. The monoisotopic (exact) mass is 244 g/mol. The predicted molar refractivity (Wildman–Crippen MR) is 69.3 cm³/mol. The molecule has 1 N–H and O–H groups in total. The molecule has 1 aromatic rings. The summed E-state index contributed by atoms with van der Waals surface area (Å²) >= 11 is 0. The SMILES string of the molecule is Cc1ccc(C)c(C2=CC(=O)CCC2C(=O)O)c1. The highest BCUT2D eigenvalue weighted by Crippen LogP contribution is 2.33. The van der Waals surface area contributed by atoms with Gasteiger partial charge in [-0.05, 0) is 43.0 Å². The predicted octanol–water partition coefficient (Wildman–Crippen LogP) is 2.75. The lowest BCUT2D eigenvalue weighted by Gasteiger charge is -2.22. The molecule has 0 saturated carbocycles. The van der Waals surface area contributed by atoms with Gasteiger partial charge in [0.05, 0.1) is 5.92 Å². The average Bonchev–Trinajstić information content (AvgIpc) is 2.31. The molecule has 1 aliphatic carbocycles. The van der Waals surface area contributed by atoms with E-state index >= 15 is 0 Å². The van der Waals surface area contributed by atoms with E-state index in [4.69, 9.17) is 0 Å². The molecular weight excluding hydrogens is 228 g/mol. The molecule has 1 atom stereocenters. The van der Waals surface area contributed by atoms with Gasteiger partial charge in [0.2, 0.25) is 0 Å². The molecule has 3 heteroatoms. The van der Waals surface area contributed by atoms with Crippen LogP contribution in [0.25, 0.3) is 5.57 Å². The van der Waals surface area contributed by atoms with Gasteiger partial charge in [-0.3, -0.25) is 9.59 Å². The lowest BCUT2D eigenvalue weighted by atomic mass is 9.81. The fourth-order valence-electron chi connectivity index (χ4n) is 2.36. The standard InChI is InChI=1S/C15H16O3/c1-9-3-4-10(2)13(7-9)14-8-11(16)5-6-12(14)15(17)18/h3-4,7-8,12H,5-6H2,1-2H3,(H,17,18). The van der Waals surface area contributed by atoms with Crippen LogP contribution >= 0.6 is 0 Å². The van der Waals surface area contributed by atoms with Crippen LogP contribution in [0.3, 0.4) is 0 Å². The summed E-state index contributed by atoms with van der Waals surface area (Å²) in [6, 6.07) is 5.90. The molecule has 0 fully saturated rings. The molecule has 0 bridgehead atoms. The molecule has 0 heterocycles. The van der Waals surface area contributed by atoms with Gasteiger partial charge in [-0.1, -0.05) is 23.8 Å². The van der Waals surface area contributed by atoms with Crippen molar-refractivity contribution in [3.05, 3.63) is 41.0 Å². The van der Waals surface area contributed by atoms with Crippen LogP contribution in [0.2, 0.25) is 0 Å². The quantitative estimate of drug-likeness (QED) is 0.870. The second-order valence-electron chi connectivity index (χ2n) is 4.81. The lowest BCUT2D eigenvalue weighted by molar-refractivity contribution is -0.140. The van der Waals surface area contributed by atoms with Gasteiger partial charge in [-0.25, -0.2) is 0 Å². The Labute approximate surface area is 106 Å². The smallest absolute Gasteiger partial charge is 0.311 e. The zero-order chi connectivity index (χ0) is 13.3. The van der Waals surface area contributed by atoms with Crippen molar-refractivity contribution in [3.63, 3.8) is 0 Å². The van der Waals surface area contributed by atoms with Crippen LogP contribution in [-0.2, 0) is 9.59 Å². The molecule has 94 valence electrons. The zero-order valence-electron chi connectivity index (χ0n) is 10.6. The third-order valence-corrected chi connectivity index (χ3v) is 3.37. The molecule has 0 saturated heterocycles. The number of carbonyl (C=O) groups is 2. The molecule has 1 aliphatic rings. The summed E-state index contributed by atoms with van der Waals surface area (Å²) in [5, 5.41) is 9.26. The number of carbonyl (C=O) groups excluding carboxylic acids is 1. The van der Waals surface area contributed by atoms with Crippen LogP contribution in [0.4, 0.5) is 0 Å². The molecule has 0 radical (unpaired) electrons. The van der Waals surface area contributed by atoms with Crippen LogP contribution in [-0.4, -0.2) is 16.9 Å². The minimum absolute atomic E-state index is 0.0170. The Balaban J connectivity index is 2.54. The van der Waals surface area contributed by atoms with Crippen LogP contribution in [0, 0.1) is 19.8 Å². The fraction of sp³-hybridized carbons (Fsp3) is 0.333. The van der Waals surface area contributed by atoms with Crippen LogP contribution < -0.4 is 0 Å². The van der Waals surface area contributed by atoms with E-state index in [9.17, 15) is 14.7 Å². The summed E-state index contributed by atoms with van der Waals surface area (Å²) in [6.07, 6.45) is 2.22. The maximum Gasteiger partial charge on any atom is 0.311 e. The van der Waals surface area contributed by atoms with Crippen molar-refractivity contribution in [2.45, 2.75) is 26.7 Å². The number of allylic oxidation sites excluding steroid dienone is 1. The van der Waals surface area contributed by atoms with Gasteiger partial charge in [-0.15, -0.1) is 0 Å². The van der Waals surface area contributed by atoms with E-state index in [0.717, 1.165) is 16.7 Å². The number of aryl methyl sites for hydroxylation is 2. The van der Waals surface area contributed by atoms with Gasteiger partial charge < -0.3 is 5.11 Å². The largest absolute Gasteiger partial charge is 0.481 e. The first-order valence-electron chi connectivity index (χ1n) is 6.04. The van der Waals surface area contributed by atoms with Crippen molar-refractivity contribution < 1.29 is 14.7 Å². The van der Waals surface area contributed by atoms with E-state index in [-0.39, 0.29) is 5.78 Å². The molecule has 0 aromatic heterocycles. The topological polar surface area (TPSA) is 54.4 Å². The summed E-state index contributed by atoms with van der Waals surface area (Å²) in [5.74, 6) is -1.40. The molecule has 18 heavy (non-hydrogen) atoms. The van der Waals surface area contributed by atoms with Crippen molar-refractivity contribution in [1.82, 2.24) is 0 Å². The number of rotatable bonds is 2. The van der Waals surface area contributed by atoms with E-state index in [0.29, 0.717) is 18.4 Å². The number of benzene rings is 1. The Hall–Kier alpha value is -1.90. The summed E-state index contributed by atoms with van der Waals surface area (Å²) in [5.41, 5.74) is 3.61. The number of ketones is 1. The molecule has 1 unspecified atom stereocenters. The maximum absolute atomic E-state index is 11.5. The molecule has 0 aliphatic heterocycles. The first-order chi connectivity index (χ1) is 8.49. The number of hydrogen-bond donors (Lipinski definition) is 1. The Bertz CT molecular complexity index is 541. The third kappa shape index (κ3) is 2.35. The van der Waals surface area contributed by atoms with Crippen molar-refractivity contribution in [2.75, 3.05) is 0 Å². The summed E-state index contributed by atoms with van der Waals surface area (Å²) in [7, 11) is 0. The maximum atomic E-state index is 11.5. The molecule has 1 aromatic carbocycles. The van der Waals surface area contributed by atoms with Gasteiger partial charge >= 0.3 is 5.97 Å². The van der Waals surface area contributed by atoms with Crippen LogP contribution in [0.1, 0.15) is 29.5 Å². The average molecular weight is 244 g/mol. The van der Waals surface area contributed by atoms with E-state index < -0.39 is 11.9 Å². The second-order valence-corrected chi connectivity index (χ2v) is 4.81. The zero-order valence-corrected chi connectivity index (χ0v) is 10.6. The summed E-state index contributed by atoms with van der Waals surface area (Å²) in [4.78, 5) is 22.8. The highest BCUT2D eigenvalue weighted by molar-refractivity contribution is 6.03. The van der Waals surface area contributed by atoms with Crippen molar-refractivity contribution >= 4 is 17.3 Å². The highest BCUT2D eigenvalue weighted by Gasteiger charge is 2.29. The first kappa shape index (κ1) is 12.6. The van der Waals surface area contributed by atoms with Gasteiger partial charge in [0.15, 0.2) is 5.78 Å². The van der Waals surface area contributed by atoms with Crippen molar-refractivity contribution in [2.24, 2.45) is 5.92 Å². The van der Waals surface area contributed by atoms with Gasteiger partial charge in [0.25, 0.3) is 0 Å². The molecule has 2 rings (SSSR count). The van der Waals surface area contributed by atoms with Crippen molar-refractivity contribution in [1.29, 1.82) is 0 Å². The molecule has 3 nitrogen and oxygen atoms in total. The van der Waals surface area contributed by atoms with E-state index in [1.54, 1.807) is 0 Å². The van der Waals surface area contributed by atoms with E-state index in [1.807, 2.05) is 32.0 Å². The van der Waals surface area contributed by atoms with Gasteiger partial charge in [0, 0.05) is 6.42 Å². The Morgan fingerprint density at radius 2 is 2.06 bits per heavy atom. The number of hydrogen-bond acceptors (Lipinski definition) is 2. The molecular formula is C15H16O3. The van der Waals surface area contributed by atoms with E-state index in [2.05, 4.69) is 0 Å². The fourth-order valence-corrected chi connectivity index (χ4v) is 2.36. The Morgan fingerprint density at radius 1 is 1.33 bits per heavy atom. The molecule has 0 spiro atoms. The molecule has 0 amide bonds. The highest BCUT2D eigenvalue weighted by atomic mass is 16.4. The van der Waals surface area contributed by atoms with Gasteiger partial charge in [-0.2, -0.15) is 0 Å². The first-order valence-corrected chi connectivity index (χ1v) is 6.04. The number of aliphatic carboxylic acids is 1. The third-order valence-electron chi connectivity index (χ3n) is 3.37. The number of carboxylic acid groups (broad SMARTS) is 1. The summed E-state index contributed by atoms with van der Waals surface area (Å²) in [6.45, 7) is 3.90. The van der Waals surface area contributed by atoms with E-state index in [1.165, 1.54) is 6.08 Å². The minimum Gasteiger partial charge on any atom is -0.481 e. The summed E-state index contributed by atoms with van der Waals surface area (Å²) < 4.78 is 0. The van der Waals surface area contributed by atoms with Crippen LogP contribution in [0.5, 0.6) is 0 Å². The minimum atomic E-state index is -0.852.